The van der Waals surface area contributed by atoms with Gasteiger partial charge in [-0.2, -0.15) is 10.4 Å². The third-order valence-electron chi connectivity index (χ3n) is 4.35. The van der Waals surface area contributed by atoms with Crippen molar-refractivity contribution in [3.8, 4) is 6.07 Å². The molecule has 0 aliphatic heterocycles. The molecule has 1 aliphatic carbocycles. The lowest BCUT2D eigenvalue weighted by Crippen LogP contribution is -2.27. The van der Waals surface area contributed by atoms with Crippen LogP contribution in [0.2, 0.25) is 0 Å². The fourth-order valence-electron chi connectivity index (χ4n) is 2.98. The van der Waals surface area contributed by atoms with Gasteiger partial charge >= 0.3 is 0 Å². The first-order valence-electron chi connectivity index (χ1n) is 7.66. The largest absolute Gasteiger partial charge is 0.268 e. The van der Waals surface area contributed by atoms with E-state index in [1.807, 2.05) is 6.07 Å². The van der Waals surface area contributed by atoms with Crippen LogP contribution in [-0.2, 0) is 10.0 Å². The molecule has 6 nitrogen and oxygen atoms in total. The molecule has 1 saturated carbocycles. The van der Waals surface area contributed by atoms with Crippen molar-refractivity contribution < 1.29 is 12.8 Å². The summed E-state index contributed by atoms with van der Waals surface area (Å²) in [4.78, 5) is 0.0603. The SMILES string of the molecule is CN(c1ccc(F)cc1C#N)S(=O)(=O)c1cnn(C2CCCC2)c1. The minimum Gasteiger partial charge on any atom is -0.268 e. The summed E-state index contributed by atoms with van der Waals surface area (Å²) in [5, 5.41) is 13.3. The number of halogens is 1. The molecule has 0 amide bonds. The first kappa shape index (κ1) is 16.5. The Balaban J connectivity index is 1.94. The zero-order chi connectivity index (χ0) is 17.3. The van der Waals surface area contributed by atoms with Crippen LogP contribution in [0, 0.1) is 17.1 Å². The molecule has 126 valence electrons. The molecule has 0 saturated heterocycles. The Bertz CT molecular complexity index is 895. The van der Waals surface area contributed by atoms with Crippen molar-refractivity contribution in [3.05, 3.63) is 42.0 Å². The van der Waals surface area contributed by atoms with Crippen LogP contribution in [0.1, 0.15) is 37.3 Å². The molecule has 0 unspecified atom stereocenters. The van der Waals surface area contributed by atoms with Gasteiger partial charge in [-0.25, -0.2) is 12.8 Å². The summed E-state index contributed by atoms with van der Waals surface area (Å²) in [5.41, 5.74) is 0.0942. The third kappa shape index (κ3) is 2.87. The van der Waals surface area contributed by atoms with Crippen molar-refractivity contribution in [3.63, 3.8) is 0 Å². The van der Waals surface area contributed by atoms with E-state index in [0.29, 0.717) is 0 Å². The maximum Gasteiger partial charge on any atom is 0.267 e. The number of nitrogens with zero attached hydrogens (tertiary/aromatic N) is 4. The van der Waals surface area contributed by atoms with Crippen molar-refractivity contribution in [2.45, 2.75) is 36.6 Å². The van der Waals surface area contributed by atoms with Crippen LogP contribution in [0.15, 0.2) is 35.5 Å². The Labute approximate surface area is 140 Å². The second kappa shape index (κ2) is 6.24. The lowest BCUT2D eigenvalue weighted by atomic mass is 10.2. The Kier molecular flexibility index (Phi) is 4.28. The molecule has 24 heavy (non-hydrogen) atoms. The molecule has 1 aliphatic rings. The first-order valence-corrected chi connectivity index (χ1v) is 9.10. The molecule has 3 rings (SSSR count). The number of aromatic nitrogens is 2. The van der Waals surface area contributed by atoms with E-state index in [4.69, 9.17) is 5.26 Å². The van der Waals surface area contributed by atoms with E-state index in [0.717, 1.165) is 42.1 Å². The number of anilines is 1. The average Bonchev–Trinajstić information content (AvgIpc) is 3.24. The first-order chi connectivity index (χ1) is 11.4. The molecule has 0 atom stereocenters. The Morgan fingerprint density at radius 3 is 2.75 bits per heavy atom. The van der Waals surface area contributed by atoms with Gasteiger partial charge in [-0.1, -0.05) is 12.8 Å². The highest BCUT2D eigenvalue weighted by Gasteiger charge is 2.27. The predicted molar refractivity (Wildman–Crippen MR) is 86.4 cm³/mol. The number of nitriles is 1. The van der Waals surface area contributed by atoms with Crippen molar-refractivity contribution >= 4 is 15.7 Å². The fraction of sp³-hybridized carbons (Fsp3) is 0.375. The summed E-state index contributed by atoms with van der Waals surface area (Å²) in [7, 11) is -2.53. The number of benzene rings is 1. The molecule has 8 heteroatoms. The van der Waals surface area contributed by atoms with Gasteiger partial charge in [0.15, 0.2) is 0 Å². The summed E-state index contributed by atoms with van der Waals surface area (Å²) >= 11 is 0. The average molecular weight is 348 g/mol. The summed E-state index contributed by atoms with van der Waals surface area (Å²) < 4.78 is 41.5. The zero-order valence-electron chi connectivity index (χ0n) is 13.2. The highest BCUT2D eigenvalue weighted by Crippen LogP contribution is 2.30. The van der Waals surface area contributed by atoms with Gasteiger partial charge in [0, 0.05) is 13.2 Å². The molecular weight excluding hydrogens is 331 g/mol. The van der Waals surface area contributed by atoms with Crippen LogP contribution >= 0.6 is 0 Å². The number of hydrogen-bond donors (Lipinski definition) is 0. The standard InChI is InChI=1S/C16H17FN4O2S/c1-20(16-7-6-13(17)8-12(16)9-18)24(22,23)15-10-19-21(11-15)14-4-2-3-5-14/h6-8,10-11,14H,2-5H2,1H3. The van der Waals surface area contributed by atoms with E-state index in [2.05, 4.69) is 5.10 Å². The molecule has 0 bridgehead atoms. The maximum absolute atomic E-state index is 13.3. The monoisotopic (exact) mass is 348 g/mol. The van der Waals surface area contributed by atoms with Gasteiger partial charge in [0.1, 0.15) is 16.8 Å². The molecule has 1 fully saturated rings. The molecule has 0 N–H and O–H groups in total. The van der Waals surface area contributed by atoms with Crippen LogP contribution in [0.25, 0.3) is 0 Å². The third-order valence-corrected chi connectivity index (χ3v) is 6.08. The van der Waals surface area contributed by atoms with E-state index in [-0.39, 0.29) is 22.2 Å². The highest BCUT2D eigenvalue weighted by molar-refractivity contribution is 7.92. The minimum absolute atomic E-state index is 0.0377. The molecule has 1 aromatic carbocycles. The van der Waals surface area contributed by atoms with Crippen LogP contribution < -0.4 is 4.31 Å². The lowest BCUT2D eigenvalue weighted by Gasteiger charge is -2.19. The minimum atomic E-state index is -3.87. The zero-order valence-corrected chi connectivity index (χ0v) is 14.0. The number of hydrogen-bond acceptors (Lipinski definition) is 4. The van der Waals surface area contributed by atoms with Crippen LogP contribution in [0.3, 0.4) is 0 Å². The number of sulfonamides is 1. The lowest BCUT2D eigenvalue weighted by molar-refractivity contribution is 0.466. The Morgan fingerprint density at radius 1 is 1.38 bits per heavy atom. The second-order valence-corrected chi connectivity index (χ2v) is 7.81. The van der Waals surface area contributed by atoms with Gasteiger partial charge in [0.25, 0.3) is 10.0 Å². The van der Waals surface area contributed by atoms with Crippen LogP contribution in [-0.4, -0.2) is 25.2 Å². The van der Waals surface area contributed by atoms with E-state index in [1.165, 1.54) is 25.5 Å². The topological polar surface area (TPSA) is 79.0 Å². The van der Waals surface area contributed by atoms with Crippen molar-refractivity contribution in [2.75, 3.05) is 11.4 Å². The van der Waals surface area contributed by atoms with Gasteiger partial charge in [-0.15, -0.1) is 0 Å². The maximum atomic E-state index is 13.3. The normalized spacial score (nSPS) is 15.4. The van der Waals surface area contributed by atoms with Crippen LogP contribution in [0.5, 0.6) is 0 Å². The molecule has 2 aromatic rings. The van der Waals surface area contributed by atoms with Gasteiger partial charge in [0.2, 0.25) is 0 Å². The Morgan fingerprint density at radius 2 is 2.08 bits per heavy atom. The predicted octanol–water partition coefficient (Wildman–Crippen LogP) is 2.83. The summed E-state index contributed by atoms with van der Waals surface area (Å²) in [5.74, 6) is -0.588. The van der Waals surface area contributed by atoms with E-state index in [1.54, 1.807) is 4.68 Å². The smallest absolute Gasteiger partial charge is 0.267 e. The molecule has 0 radical (unpaired) electrons. The fourth-order valence-corrected chi connectivity index (χ4v) is 4.14. The van der Waals surface area contributed by atoms with Gasteiger partial charge in [-0.3, -0.25) is 8.99 Å². The van der Waals surface area contributed by atoms with Crippen molar-refractivity contribution in [1.29, 1.82) is 5.26 Å². The van der Waals surface area contributed by atoms with Gasteiger partial charge in [-0.05, 0) is 31.0 Å². The summed E-state index contributed by atoms with van der Waals surface area (Å²) in [6, 6.07) is 5.49. The van der Waals surface area contributed by atoms with Crippen LogP contribution in [0.4, 0.5) is 10.1 Å². The molecule has 0 spiro atoms. The van der Waals surface area contributed by atoms with Gasteiger partial charge in [0.05, 0.1) is 23.5 Å². The quantitative estimate of drug-likeness (QED) is 0.851. The van der Waals surface area contributed by atoms with Gasteiger partial charge < -0.3 is 0 Å². The summed E-state index contributed by atoms with van der Waals surface area (Å²) in [6.07, 6.45) is 7.07. The van der Waals surface area contributed by atoms with E-state index in [9.17, 15) is 12.8 Å². The highest BCUT2D eigenvalue weighted by atomic mass is 32.2. The molecular formula is C16H17FN4O2S. The second-order valence-electron chi connectivity index (χ2n) is 5.84. The molecule has 1 heterocycles. The molecule has 1 aromatic heterocycles. The van der Waals surface area contributed by atoms with E-state index < -0.39 is 15.8 Å². The number of rotatable bonds is 4. The van der Waals surface area contributed by atoms with Crippen molar-refractivity contribution in [1.82, 2.24) is 9.78 Å². The summed E-state index contributed by atoms with van der Waals surface area (Å²) in [6.45, 7) is 0. The van der Waals surface area contributed by atoms with E-state index >= 15 is 0 Å². The Hall–Kier alpha value is -2.40. The van der Waals surface area contributed by atoms with Crippen molar-refractivity contribution in [2.24, 2.45) is 0 Å².